The van der Waals surface area contributed by atoms with Crippen LogP contribution in [0.25, 0.3) is 0 Å². The van der Waals surface area contributed by atoms with Crippen molar-refractivity contribution in [2.45, 2.75) is 19.3 Å². The van der Waals surface area contributed by atoms with Crippen LogP contribution in [0.2, 0.25) is 0 Å². The normalized spacial score (nSPS) is 14.0. The molecular formula is C31H21NO7. The quantitative estimate of drug-likeness (QED) is 0.232. The average molecular weight is 520 g/mol. The SMILES string of the molecule is CC(C)(c1ccc(Oc2ccc3c(c2)C(=N)OC3=O)cc1)c1ccc(Oc2ccc3c(c2)C(=O)OC3=O)cc1. The van der Waals surface area contributed by atoms with E-state index in [-0.39, 0.29) is 22.4 Å². The summed E-state index contributed by atoms with van der Waals surface area (Å²) in [6.07, 6.45) is 0. The number of hydrogen-bond acceptors (Lipinski definition) is 8. The topological polar surface area (TPSA) is 112 Å². The van der Waals surface area contributed by atoms with Gasteiger partial charge in [0.05, 0.1) is 22.3 Å². The van der Waals surface area contributed by atoms with Gasteiger partial charge in [-0.15, -0.1) is 0 Å². The van der Waals surface area contributed by atoms with Crippen molar-refractivity contribution < 1.29 is 33.3 Å². The Hall–Kier alpha value is -5.24. The minimum atomic E-state index is -0.673. The number of nitrogens with one attached hydrogen (secondary N) is 1. The monoisotopic (exact) mass is 519 g/mol. The largest absolute Gasteiger partial charge is 0.457 e. The molecule has 0 saturated heterocycles. The molecule has 0 radical (unpaired) electrons. The summed E-state index contributed by atoms with van der Waals surface area (Å²) in [5.74, 6) is 0.120. The molecule has 0 fully saturated rings. The van der Waals surface area contributed by atoms with Gasteiger partial charge in [0.15, 0.2) is 0 Å². The van der Waals surface area contributed by atoms with Gasteiger partial charge in [-0.05, 0) is 71.8 Å². The van der Waals surface area contributed by atoms with E-state index in [1.165, 1.54) is 12.1 Å². The Balaban J connectivity index is 1.15. The van der Waals surface area contributed by atoms with Crippen LogP contribution < -0.4 is 9.47 Å². The summed E-state index contributed by atoms with van der Waals surface area (Å²) in [7, 11) is 0. The van der Waals surface area contributed by atoms with Gasteiger partial charge in [0, 0.05) is 5.41 Å². The average Bonchev–Trinajstić information content (AvgIpc) is 3.37. The second-order valence-corrected chi connectivity index (χ2v) is 9.69. The Morgan fingerprint density at radius 3 is 1.49 bits per heavy atom. The number of fused-ring (bicyclic) bond motifs is 2. The first-order chi connectivity index (χ1) is 18.7. The fourth-order valence-corrected chi connectivity index (χ4v) is 4.60. The lowest BCUT2D eigenvalue weighted by Gasteiger charge is -2.26. The van der Waals surface area contributed by atoms with E-state index in [2.05, 4.69) is 18.6 Å². The molecule has 0 aliphatic carbocycles. The number of rotatable bonds is 6. The number of esters is 3. The molecule has 39 heavy (non-hydrogen) atoms. The van der Waals surface area contributed by atoms with Crippen molar-refractivity contribution in [2.75, 3.05) is 0 Å². The van der Waals surface area contributed by atoms with E-state index in [0.29, 0.717) is 34.1 Å². The van der Waals surface area contributed by atoms with Gasteiger partial charge in [-0.2, -0.15) is 0 Å². The van der Waals surface area contributed by atoms with Crippen molar-refractivity contribution in [1.82, 2.24) is 0 Å². The van der Waals surface area contributed by atoms with Crippen molar-refractivity contribution in [2.24, 2.45) is 0 Å². The minimum Gasteiger partial charge on any atom is -0.457 e. The molecule has 1 N–H and O–H groups in total. The van der Waals surface area contributed by atoms with Crippen LogP contribution in [0.4, 0.5) is 0 Å². The molecule has 2 aliphatic heterocycles. The number of carbonyl (C=O) groups is 3. The molecule has 4 aromatic carbocycles. The molecule has 0 atom stereocenters. The highest BCUT2D eigenvalue weighted by atomic mass is 16.6. The highest BCUT2D eigenvalue weighted by Crippen LogP contribution is 2.35. The molecule has 2 aliphatic rings. The van der Waals surface area contributed by atoms with Crippen LogP contribution in [0.15, 0.2) is 84.9 Å². The first-order valence-corrected chi connectivity index (χ1v) is 12.1. The molecule has 192 valence electrons. The molecule has 0 spiro atoms. The zero-order valence-electron chi connectivity index (χ0n) is 20.9. The maximum Gasteiger partial charge on any atom is 0.347 e. The van der Waals surface area contributed by atoms with Crippen molar-refractivity contribution in [3.8, 4) is 23.0 Å². The molecule has 0 unspecified atom stereocenters. The van der Waals surface area contributed by atoms with Gasteiger partial charge < -0.3 is 18.9 Å². The van der Waals surface area contributed by atoms with Crippen LogP contribution in [0.5, 0.6) is 23.0 Å². The Morgan fingerprint density at radius 2 is 0.949 bits per heavy atom. The molecule has 6 rings (SSSR count). The molecule has 0 saturated carbocycles. The first kappa shape index (κ1) is 24.1. The van der Waals surface area contributed by atoms with E-state index >= 15 is 0 Å². The van der Waals surface area contributed by atoms with E-state index in [0.717, 1.165) is 11.1 Å². The van der Waals surface area contributed by atoms with Crippen molar-refractivity contribution >= 4 is 23.8 Å². The van der Waals surface area contributed by atoms with E-state index < -0.39 is 17.9 Å². The van der Waals surface area contributed by atoms with Crippen LogP contribution in [0.1, 0.15) is 61.6 Å². The third-order valence-corrected chi connectivity index (χ3v) is 6.89. The van der Waals surface area contributed by atoms with Crippen LogP contribution in [0, 0.1) is 5.41 Å². The smallest absolute Gasteiger partial charge is 0.347 e. The van der Waals surface area contributed by atoms with Crippen LogP contribution in [-0.4, -0.2) is 23.8 Å². The lowest BCUT2D eigenvalue weighted by atomic mass is 9.78. The molecule has 0 amide bonds. The Labute approximate surface area is 223 Å². The molecule has 8 nitrogen and oxygen atoms in total. The fourth-order valence-electron chi connectivity index (χ4n) is 4.60. The van der Waals surface area contributed by atoms with E-state index in [4.69, 9.17) is 19.6 Å². The lowest BCUT2D eigenvalue weighted by molar-refractivity contribution is 0.0443. The summed E-state index contributed by atoms with van der Waals surface area (Å²) < 4.78 is 21.3. The van der Waals surface area contributed by atoms with E-state index in [1.54, 1.807) is 24.3 Å². The summed E-state index contributed by atoms with van der Waals surface area (Å²) in [6.45, 7) is 4.23. The standard InChI is InChI=1S/C31H21NO7/c1-31(2,17-3-7-19(8-4-17)36-21-11-13-23-25(15-21)27(32)38-28(23)33)18-5-9-20(10-6-18)37-22-12-14-24-26(16-22)30(35)39-29(24)34/h3-16,32H,1-2H3. The van der Waals surface area contributed by atoms with Crippen molar-refractivity contribution in [1.29, 1.82) is 5.41 Å². The Bertz CT molecular complexity index is 1560. The second kappa shape index (κ2) is 8.95. The molecule has 8 heteroatoms. The third kappa shape index (κ3) is 4.31. The summed E-state index contributed by atoms with van der Waals surface area (Å²) in [4.78, 5) is 35.2. The molecule has 2 heterocycles. The zero-order valence-corrected chi connectivity index (χ0v) is 20.9. The predicted octanol–water partition coefficient (Wildman–Crippen LogP) is 6.40. The lowest BCUT2D eigenvalue weighted by Crippen LogP contribution is -2.18. The fraction of sp³-hybridized carbons (Fsp3) is 0.0968. The van der Waals surface area contributed by atoms with Crippen LogP contribution in [-0.2, 0) is 14.9 Å². The maximum atomic E-state index is 11.8. The Morgan fingerprint density at radius 1 is 0.538 bits per heavy atom. The van der Waals surface area contributed by atoms with E-state index in [9.17, 15) is 14.4 Å². The number of cyclic esters (lactones) is 3. The van der Waals surface area contributed by atoms with Crippen LogP contribution in [0.3, 0.4) is 0 Å². The molecule has 4 aromatic rings. The number of hydrogen-bond donors (Lipinski definition) is 1. The van der Waals surface area contributed by atoms with Gasteiger partial charge in [0.2, 0.25) is 5.90 Å². The molecule has 0 aromatic heterocycles. The van der Waals surface area contributed by atoms with Crippen molar-refractivity contribution in [3.05, 3.63) is 118 Å². The maximum absolute atomic E-state index is 11.8. The van der Waals surface area contributed by atoms with Gasteiger partial charge in [-0.1, -0.05) is 38.1 Å². The first-order valence-electron chi connectivity index (χ1n) is 12.1. The molecule has 0 bridgehead atoms. The number of carbonyl (C=O) groups excluding carboxylic acids is 3. The third-order valence-electron chi connectivity index (χ3n) is 6.89. The Kier molecular flexibility index (Phi) is 5.54. The van der Waals surface area contributed by atoms with Crippen LogP contribution >= 0.6 is 0 Å². The number of ether oxygens (including phenoxy) is 4. The summed E-state index contributed by atoms with van der Waals surface area (Å²) in [6, 6.07) is 24.9. The highest BCUT2D eigenvalue weighted by Gasteiger charge is 2.30. The summed E-state index contributed by atoms with van der Waals surface area (Å²) >= 11 is 0. The second-order valence-electron chi connectivity index (χ2n) is 9.69. The highest BCUT2D eigenvalue weighted by molar-refractivity contribution is 6.16. The van der Waals surface area contributed by atoms with Crippen molar-refractivity contribution in [3.63, 3.8) is 0 Å². The molecular weight excluding hydrogens is 498 g/mol. The number of benzene rings is 4. The van der Waals surface area contributed by atoms with Gasteiger partial charge >= 0.3 is 17.9 Å². The van der Waals surface area contributed by atoms with Gasteiger partial charge in [-0.3, -0.25) is 5.41 Å². The predicted molar refractivity (Wildman–Crippen MR) is 140 cm³/mol. The van der Waals surface area contributed by atoms with Gasteiger partial charge in [-0.25, -0.2) is 14.4 Å². The zero-order chi connectivity index (χ0) is 27.3. The van der Waals surface area contributed by atoms with Gasteiger partial charge in [0.25, 0.3) is 0 Å². The summed E-state index contributed by atoms with van der Waals surface area (Å²) in [5, 5.41) is 7.79. The van der Waals surface area contributed by atoms with E-state index in [1.807, 2.05) is 48.5 Å². The minimum absolute atomic E-state index is 0.178. The van der Waals surface area contributed by atoms with Gasteiger partial charge in [0.1, 0.15) is 23.0 Å². The summed E-state index contributed by atoms with van der Waals surface area (Å²) in [5.41, 5.74) is 3.01.